The van der Waals surface area contributed by atoms with Gasteiger partial charge in [-0.25, -0.2) is 4.98 Å². The number of ether oxygens (including phenoxy) is 1. The van der Waals surface area contributed by atoms with Gasteiger partial charge in [0.1, 0.15) is 5.82 Å². The minimum atomic E-state index is 0.238. The first-order valence-corrected chi connectivity index (χ1v) is 9.37. The van der Waals surface area contributed by atoms with Gasteiger partial charge >= 0.3 is 0 Å². The molecule has 0 atom stereocenters. The van der Waals surface area contributed by atoms with E-state index in [0.717, 1.165) is 43.6 Å². The summed E-state index contributed by atoms with van der Waals surface area (Å²) in [4.78, 5) is 7.32. The zero-order chi connectivity index (χ0) is 15.4. The fraction of sp³-hybridized carbons (Fsp3) is 0.875. The largest absolute Gasteiger partial charge is 0.381 e. The number of aromatic nitrogens is 2. The Morgan fingerprint density at radius 2 is 1.95 bits per heavy atom. The second kappa shape index (κ2) is 7.23. The van der Waals surface area contributed by atoms with Gasteiger partial charge in [-0.1, -0.05) is 20.3 Å². The van der Waals surface area contributed by atoms with E-state index < -0.39 is 0 Å². The number of rotatable bonds is 5. The average Bonchev–Trinajstić information content (AvgIpc) is 3.04. The number of nitrogens with one attached hydrogen (secondary N) is 1. The second-order valence-electron chi connectivity index (χ2n) is 6.85. The van der Waals surface area contributed by atoms with E-state index >= 15 is 0 Å². The highest BCUT2D eigenvalue weighted by Crippen LogP contribution is 2.31. The van der Waals surface area contributed by atoms with Crippen molar-refractivity contribution >= 4 is 16.7 Å². The van der Waals surface area contributed by atoms with E-state index in [4.69, 9.17) is 4.74 Å². The van der Waals surface area contributed by atoms with Crippen LogP contribution in [0.2, 0.25) is 0 Å². The molecule has 2 aliphatic rings. The highest BCUT2D eigenvalue weighted by atomic mass is 32.1. The van der Waals surface area contributed by atoms with E-state index in [1.54, 1.807) is 0 Å². The Morgan fingerprint density at radius 1 is 1.23 bits per heavy atom. The first kappa shape index (κ1) is 16.1. The third kappa shape index (κ3) is 3.60. The molecule has 0 aliphatic carbocycles. The third-order valence-electron chi connectivity index (χ3n) is 4.98. The van der Waals surface area contributed by atoms with Gasteiger partial charge in [-0.3, -0.25) is 4.90 Å². The summed E-state index contributed by atoms with van der Waals surface area (Å²) in [5, 5.41) is 4.54. The fourth-order valence-electron chi connectivity index (χ4n) is 3.51. The van der Waals surface area contributed by atoms with Crippen molar-refractivity contribution in [1.82, 2.24) is 14.3 Å². The lowest BCUT2D eigenvalue weighted by molar-refractivity contribution is -0.0293. The van der Waals surface area contributed by atoms with Gasteiger partial charge in [-0.15, -0.1) is 0 Å². The molecule has 2 saturated heterocycles. The van der Waals surface area contributed by atoms with Crippen LogP contribution >= 0.6 is 11.5 Å². The Bertz CT molecular complexity index is 464. The summed E-state index contributed by atoms with van der Waals surface area (Å²) in [5.74, 6) is 1.34. The van der Waals surface area contributed by atoms with Gasteiger partial charge in [0.2, 0.25) is 5.13 Å². The molecule has 0 unspecified atom stereocenters. The molecular formula is C16H28N4OS. The van der Waals surface area contributed by atoms with Crippen LogP contribution < -0.4 is 5.32 Å². The Morgan fingerprint density at radius 3 is 2.59 bits per heavy atom. The van der Waals surface area contributed by atoms with Crippen molar-refractivity contribution in [3.05, 3.63) is 5.82 Å². The van der Waals surface area contributed by atoms with Crippen LogP contribution in [0.25, 0.3) is 0 Å². The number of anilines is 1. The molecule has 0 aromatic carbocycles. The predicted molar refractivity (Wildman–Crippen MR) is 90.7 cm³/mol. The maximum absolute atomic E-state index is 5.62. The standard InChI is InChI=1S/C16H28N4OS/c1-13(2)14-18-15(22-19-14)17-12-16(6-10-21-11-7-16)20-8-4-3-5-9-20/h13H,3-12H2,1-2H3,(H,17,18,19). The van der Waals surface area contributed by atoms with E-state index in [1.807, 2.05) is 0 Å². The predicted octanol–water partition coefficient (Wildman–Crippen LogP) is 3.11. The number of nitrogens with zero attached hydrogens (tertiary/aromatic N) is 3. The number of hydrogen-bond donors (Lipinski definition) is 1. The number of likely N-dealkylation sites (tertiary alicyclic amines) is 1. The normalized spacial score (nSPS) is 22.9. The van der Waals surface area contributed by atoms with Gasteiger partial charge in [0.15, 0.2) is 0 Å². The van der Waals surface area contributed by atoms with Crippen molar-refractivity contribution in [2.75, 3.05) is 38.2 Å². The van der Waals surface area contributed by atoms with Crippen molar-refractivity contribution < 1.29 is 4.74 Å². The molecule has 0 spiro atoms. The zero-order valence-electron chi connectivity index (χ0n) is 13.8. The van der Waals surface area contributed by atoms with Gasteiger partial charge < -0.3 is 10.1 Å². The van der Waals surface area contributed by atoms with Crippen LogP contribution in [-0.2, 0) is 4.74 Å². The lowest BCUT2D eigenvalue weighted by atomic mass is 9.86. The number of piperidine rings is 1. The molecule has 3 rings (SSSR count). The van der Waals surface area contributed by atoms with Crippen LogP contribution in [-0.4, -0.2) is 52.6 Å². The lowest BCUT2D eigenvalue weighted by Crippen LogP contribution is -2.57. The molecule has 0 bridgehead atoms. The van der Waals surface area contributed by atoms with Gasteiger partial charge in [0, 0.05) is 42.7 Å². The van der Waals surface area contributed by atoms with Gasteiger partial charge in [-0.05, 0) is 38.8 Å². The minimum absolute atomic E-state index is 0.238. The van der Waals surface area contributed by atoms with Crippen molar-refractivity contribution in [2.45, 2.75) is 57.4 Å². The summed E-state index contributed by atoms with van der Waals surface area (Å²) in [6.45, 7) is 9.46. The van der Waals surface area contributed by atoms with Crippen LogP contribution in [0.1, 0.15) is 57.7 Å². The van der Waals surface area contributed by atoms with E-state index in [2.05, 4.69) is 33.4 Å². The van der Waals surface area contributed by atoms with Gasteiger partial charge in [0.05, 0.1) is 0 Å². The molecule has 3 heterocycles. The molecule has 1 aromatic rings. The molecule has 0 saturated carbocycles. The van der Waals surface area contributed by atoms with Crippen molar-refractivity contribution in [3.63, 3.8) is 0 Å². The molecule has 0 radical (unpaired) electrons. The Balaban J connectivity index is 1.66. The monoisotopic (exact) mass is 324 g/mol. The van der Waals surface area contributed by atoms with Gasteiger partial charge in [-0.2, -0.15) is 4.37 Å². The first-order chi connectivity index (χ1) is 10.7. The Hall–Kier alpha value is -0.720. The van der Waals surface area contributed by atoms with Crippen LogP contribution in [0.15, 0.2) is 0 Å². The topological polar surface area (TPSA) is 50.3 Å². The maximum atomic E-state index is 5.62. The van der Waals surface area contributed by atoms with Crippen LogP contribution in [0, 0.1) is 0 Å². The van der Waals surface area contributed by atoms with E-state index in [1.165, 1.54) is 43.9 Å². The quantitative estimate of drug-likeness (QED) is 0.902. The Kier molecular flexibility index (Phi) is 5.31. The molecule has 2 aliphatic heterocycles. The molecule has 22 heavy (non-hydrogen) atoms. The average molecular weight is 324 g/mol. The molecule has 6 heteroatoms. The van der Waals surface area contributed by atoms with Crippen molar-refractivity contribution in [2.24, 2.45) is 0 Å². The highest BCUT2D eigenvalue weighted by Gasteiger charge is 2.38. The molecular weight excluding hydrogens is 296 g/mol. The van der Waals surface area contributed by atoms with Crippen LogP contribution in [0.4, 0.5) is 5.13 Å². The summed E-state index contributed by atoms with van der Waals surface area (Å²) in [7, 11) is 0. The highest BCUT2D eigenvalue weighted by molar-refractivity contribution is 7.09. The smallest absolute Gasteiger partial charge is 0.202 e. The molecule has 0 amide bonds. The molecule has 1 aromatic heterocycles. The zero-order valence-corrected chi connectivity index (χ0v) is 14.6. The van der Waals surface area contributed by atoms with Crippen molar-refractivity contribution in [1.29, 1.82) is 0 Å². The van der Waals surface area contributed by atoms with E-state index in [9.17, 15) is 0 Å². The van der Waals surface area contributed by atoms with E-state index in [-0.39, 0.29) is 5.54 Å². The summed E-state index contributed by atoms with van der Waals surface area (Å²) in [5.41, 5.74) is 0.238. The van der Waals surface area contributed by atoms with E-state index in [0.29, 0.717) is 5.92 Å². The molecule has 2 fully saturated rings. The molecule has 124 valence electrons. The third-order valence-corrected chi connectivity index (χ3v) is 5.66. The summed E-state index contributed by atoms with van der Waals surface area (Å²) < 4.78 is 10.1. The second-order valence-corrected chi connectivity index (χ2v) is 7.60. The lowest BCUT2D eigenvalue weighted by Gasteiger charge is -2.48. The minimum Gasteiger partial charge on any atom is -0.381 e. The Labute approximate surface area is 137 Å². The van der Waals surface area contributed by atoms with Crippen LogP contribution in [0.3, 0.4) is 0 Å². The summed E-state index contributed by atoms with van der Waals surface area (Å²) in [6.07, 6.45) is 6.29. The maximum Gasteiger partial charge on any atom is 0.202 e. The van der Waals surface area contributed by atoms with Crippen molar-refractivity contribution in [3.8, 4) is 0 Å². The SMILES string of the molecule is CC(C)c1nsc(NCC2(N3CCCCC3)CCOCC2)n1. The summed E-state index contributed by atoms with van der Waals surface area (Å²) in [6, 6.07) is 0. The molecule has 5 nitrogen and oxygen atoms in total. The summed E-state index contributed by atoms with van der Waals surface area (Å²) >= 11 is 1.49. The number of hydrogen-bond acceptors (Lipinski definition) is 6. The van der Waals surface area contributed by atoms with Gasteiger partial charge in [0.25, 0.3) is 0 Å². The fourth-order valence-corrected chi connectivity index (χ4v) is 4.21. The molecule has 1 N–H and O–H groups in total. The van der Waals surface area contributed by atoms with Crippen LogP contribution in [0.5, 0.6) is 0 Å². The first-order valence-electron chi connectivity index (χ1n) is 8.60.